The number of ether oxygens (including phenoxy) is 3. The number of hydrogen-bond acceptors (Lipinski definition) is 6. The Labute approximate surface area is 181 Å². The lowest BCUT2D eigenvalue weighted by Crippen LogP contribution is -2.29. The van der Waals surface area contributed by atoms with Crippen LogP contribution in [0.15, 0.2) is 24.3 Å². The summed E-state index contributed by atoms with van der Waals surface area (Å²) in [5.41, 5.74) is 3.55. The molecule has 2 atom stereocenters. The molecule has 0 bridgehead atoms. The van der Waals surface area contributed by atoms with Crippen molar-refractivity contribution >= 4 is 0 Å². The zero-order chi connectivity index (χ0) is 19.7. The molecule has 2 aliphatic heterocycles. The standard InChI is InChI=1S/C22H29N3O3.2CH4/c1-15-11-17(12-20(23-15)26-4)13-22(3)7-8-25(14-22)16(2)18-5-6-19-21(24-18)28-10-9-27-19;;/h5-6,11-12,16H,7-10,13-14H2,1-4H3;2*1H4/t16-,22-;;/m1../s1. The maximum atomic E-state index is 5.66. The highest BCUT2D eigenvalue weighted by atomic mass is 16.6. The van der Waals surface area contributed by atoms with Gasteiger partial charge in [-0.25, -0.2) is 9.97 Å². The van der Waals surface area contributed by atoms with Crippen LogP contribution >= 0.6 is 0 Å². The van der Waals surface area contributed by atoms with Crippen LogP contribution in [0.2, 0.25) is 0 Å². The first kappa shape index (κ1) is 23.9. The minimum atomic E-state index is 0. The lowest BCUT2D eigenvalue weighted by atomic mass is 9.83. The highest BCUT2D eigenvalue weighted by Gasteiger charge is 2.36. The summed E-state index contributed by atoms with van der Waals surface area (Å²) in [4.78, 5) is 11.6. The lowest BCUT2D eigenvalue weighted by molar-refractivity contribution is 0.161. The normalized spacial score (nSPS) is 21.3. The molecule has 0 radical (unpaired) electrons. The lowest BCUT2D eigenvalue weighted by Gasteiger charge is -2.29. The van der Waals surface area contributed by atoms with Crippen LogP contribution in [0.25, 0.3) is 0 Å². The summed E-state index contributed by atoms with van der Waals surface area (Å²) in [6.07, 6.45) is 2.18. The minimum absolute atomic E-state index is 0. The second-order valence-electron chi connectivity index (χ2n) is 8.28. The fourth-order valence-corrected chi connectivity index (χ4v) is 4.31. The van der Waals surface area contributed by atoms with E-state index in [1.165, 1.54) is 5.56 Å². The van der Waals surface area contributed by atoms with E-state index in [0.29, 0.717) is 25.0 Å². The SMILES string of the molecule is C.C.COc1cc(C[C@@]2(C)CCN([C@H](C)c3ccc4c(n3)OCCO4)C2)cc(C)n1. The second-order valence-corrected chi connectivity index (χ2v) is 8.28. The molecule has 0 saturated carbocycles. The van der Waals surface area contributed by atoms with Gasteiger partial charge in [0.15, 0.2) is 5.75 Å². The Bertz CT molecular complexity index is 858. The molecule has 6 heteroatoms. The molecule has 0 amide bonds. The molecule has 0 aliphatic carbocycles. The number of fused-ring (bicyclic) bond motifs is 1. The molecule has 30 heavy (non-hydrogen) atoms. The molecule has 0 unspecified atom stereocenters. The Balaban J connectivity index is 0.00000160. The molecular weight excluding hydrogens is 378 g/mol. The minimum Gasteiger partial charge on any atom is -0.484 e. The van der Waals surface area contributed by atoms with Crippen molar-refractivity contribution in [2.24, 2.45) is 5.41 Å². The number of hydrogen-bond donors (Lipinski definition) is 0. The van der Waals surface area contributed by atoms with Gasteiger partial charge < -0.3 is 14.2 Å². The van der Waals surface area contributed by atoms with E-state index < -0.39 is 0 Å². The third-order valence-corrected chi connectivity index (χ3v) is 5.82. The third-order valence-electron chi connectivity index (χ3n) is 5.82. The molecule has 166 valence electrons. The van der Waals surface area contributed by atoms with Gasteiger partial charge in [-0.15, -0.1) is 0 Å². The summed E-state index contributed by atoms with van der Waals surface area (Å²) in [6.45, 7) is 9.87. The van der Waals surface area contributed by atoms with Crippen molar-refractivity contribution in [2.75, 3.05) is 33.4 Å². The van der Waals surface area contributed by atoms with Crippen LogP contribution in [0.1, 0.15) is 58.1 Å². The number of aryl methyl sites for hydroxylation is 1. The summed E-state index contributed by atoms with van der Waals surface area (Å²) >= 11 is 0. The monoisotopic (exact) mass is 415 g/mol. The molecular formula is C24H37N3O3. The van der Waals surface area contributed by atoms with Crippen LogP contribution in [0.3, 0.4) is 0 Å². The van der Waals surface area contributed by atoms with Gasteiger partial charge in [-0.1, -0.05) is 21.8 Å². The average Bonchev–Trinajstić information content (AvgIpc) is 3.08. The Hall–Kier alpha value is -2.34. The maximum Gasteiger partial charge on any atom is 0.257 e. The largest absolute Gasteiger partial charge is 0.484 e. The number of likely N-dealkylation sites (tertiary alicyclic amines) is 1. The molecule has 1 saturated heterocycles. The van der Waals surface area contributed by atoms with Crippen LogP contribution in [0, 0.1) is 12.3 Å². The first-order chi connectivity index (χ1) is 13.5. The summed E-state index contributed by atoms with van der Waals surface area (Å²) in [5.74, 6) is 2.06. The van der Waals surface area contributed by atoms with Crippen molar-refractivity contribution in [3.05, 3.63) is 41.2 Å². The van der Waals surface area contributed by atoms with Crippen LogP contribution in [-0.4, -0.2) is 48.3 Å². The smallest absolute Gasteiger partial charge is 0.257 e. The van der Waals surface area contributed by atoms with E-state index in [9.17, 15) is 0 Å². The van der Waals surface area contributed by atoms with Crippen LogP contribution in [0.5, 0.6) is 17.5 Å². The molecule has 1 fully saturated rings. The molecule has 2 aromatic rings. The van der Waals surface area contributed by atoms with Crippen molar-refractivity contribution in [1.29, 1.82) is 0 Å². The van der Waals surface area contributed by atoms with E-state index in [1.807, 2.05) is 13.0 Å². The zero-order valence-electron chi connectivity index (χ0n) is 17.2. The Morgan fingerprint density at radius 3 is 2.70 bits per heavy atom. The van der Waals surface area contributed by atoms with Crippen molar-refractivity contribution in [3.63, 3.8) is 0 Å². The molecule has 4 heterocycles. The Morgan fingerprint density at radius 1 is 1.17 bits per heavy atom. The van der Waals surface area contributed by atoms with Gasteiger partial charge >= 0.3 is 0 Å². The van der Waals surface area contributed by atoms with Crippen LogP contribution in [-0.2, 0) is 6.42 Å². The number of nitrogens with zero attached hydrogens (tertiary/aromatic N) is 3. The van der Waals surface area contributed by atoms with Crippen molar-refractivity contribution in [3.8, 4) is 17.5 Å². The highest BCUT2D eigenvalue weighted by Crippen LogP contribution is 2.39. The van der Waals surface area contributed by atoms with Gasteiger partial charge in [0, 0.05) is 24.3 Å². The van der Waals surface area contributed by atoms with E-state index in [2.05, 4.69) is 41.9 Å². The molecule has 0 spiro atoms. The van der Waals surface area contributed by atoms with Crippen molar-refractivity contribution < 1.29 is 14.2 Å². The molecule has 0 N–H and O–H groups in total. The van der Waals surface area contributed by atoms with Gasteiger partial charge in [-0.3, -0.25) is 4.90 Å². The summed E-state index contributed by atoms with van der Waals surface area (Å²) in [7, 11) is 1.67. The highest BCUT2D eigenvalue weighted by molar-refractivity contribution is 5.36. The quantitative estimate of drug-likeness (QED) is 0.696. The van der Waals surface area contributed by atoms with Gasteiger partial charge in [-0.05, 0) is 62.4 Å². The number of aromatic nitrogens is 2. The predicted molar refractivity (Wildman–Crippen MR) is 121 cm³/mol. The summed E-state index contributed by atoms with van der Waals surface area (Å²) < 4.78 is 16.6. The van der Waals surface area contributed by atoms with Crippen molar-refractivity contribution in [2.45, 2.75) is 54.5 Å². The molecule has 0 aromatic carbocycles. The Morgan fingerprint density at radius 2 is 1.93 bits per heavy atom. The fraction of sp³-hybridized carbons (Fsp3) is 0.583. The summed E-state index contributed by atoms with van der Waals surface area (Å²) in [5, 5.41) is 0. The summed E-state index contributed by atoms with van der Waals surface area (Å²) in [6, 6.07) is 8.51. The average molecular weight is 416 g/mol. The van der Waals surface area contributed by atoms with Crippen LogP contribution < -0.4 is 14.2 Å². The Kier molecular flexibility index (Phi) is 7.70. The fourth-order valence-electron chi connectivity index (χ4n) is 4.31. The number of pyridine rings is 2. The predicted octanol–water partition coefficient (Wildman–Crippen LogP) is 4.85. The van der Waals surface area contributed by atoms with E-state index in [1.54, 1.807) is 7.11 Å². The first-order valence-electron chi connectivity index (χ1n) is 9.98. The van der Waals surface area contributed by atoms with Gasteiger partial charge in [0.1, 0.15) is 13.2 Å². The zero-order valence-corrected chi connectivity index (χ0v) is 17.2. The third kappa shape index (κ3) is 5.04. The molecule has 4 rings (SSSR count). The second kappa shape index (κ2) is 9.65. The van der Waals surface area contributed by atoms with E-state index in [-0.39, 0.29) is 26.3 Å². The van der Waals surface area contributed by atoms with E-state index >= 15 is 0 Å². The molecule has 2 aliphatic rings. The topological polar surface area (TPSA) is 56.7 Å². The number of methoxy groups -OCH3 is 1. The van der Waals surface area contributed by atoms with Gasteiger partial charge in [0.25, 0.3) is 5.88 Å². The van der Waals surface area contributed by atoms with Gasteiger partial charge in [0.05, 0.1) is 12.8 Å². The molecule has 6 nitrogen and oxygen atoms in total. The van der Waals surface area contributed by atoms with E-state index in [4.69, 9.17) is 19.2 Å². The van der Waals surface area contributed by atoms with Gasteiger partial charge in [-0.2, -0.15) is 0 Å². The van der Waals surface area contributed by atoms with Crippen LogP contribution in [0.4, 0.5) is 0 Å². The van der Waals surface area contributed by atoms with Crippen molar-refractivity contribution in [1.82, 2.24) is 14.9 Å². The maximum absolute atomic E-state index is 5.66. The van der Waals surface area contributed by atoms with E-state index in [0.717, 1.165) is 43.1 Å². The van der Waals surface area contributed by atoms with Gasteiger partial charge in [0.2, 0.25) is 5.88 Å². The number of rotatable bonds is 5. The first-order valence-corrected chi connectivity index (χ1v) is 9.98. The molecule has 2 aromatic heterocycles.